The fourth-order valence-corrected chi connectivity index (χ4v) is 3.75. The Kier molecular flexibility index (Phi) is 7.34. The van der Waals surface area contributed by atoms with Gasteiger partial charge in [-0.2, -0.15) is 0 Å². The molecule has 0 aromatic heterocycles. The number of hydrogen-bond donors (Lipinski definition) is 0. The molecule has 1 saturated heterocycles. The smallest absolute Gasteiger partial charge is 0.254 e. The van der Waals surface area contributed by atoms with Crippen molar-refractivity contribution in [2.75, 3.05) is 39.4 Å². The van der Waals surface area contributed by atoms with E-state index in [1.807, 2.05) is 36.9 Å². The van der Waals surface area contributed by atoms with E-state index in [9.17, 15) is 4.79 Å². The summed E-state index contributed by atoms with van der Waals surface area (Å²) in [7, 11) is 0. The van der Waals surface area contributed by atoms with E-state index in [4.69, 9.17) is 9.47 Å². The van der Waals surface area contributed by atoms with E-state index in [1.54, 1.807) is 6.07 Å². The van der Waals surface area contributed by atoms with E-state index in [-0.39, 0.29) is 5.91 Å². The van der Waals surface area contributed by atoms with Gasteiger partial charge in [0.2, 0.25) is 0 Å². The Morgan fingerprint density at radius 2 is 1.64 bits per heavy atom. The molecule has 0 spiro atoms. The number of hydrogen-bond acceptors (Lipinski definition) is 4. The summed E-state index contributed by atoms with van der Waals surface area (Å²) in [5.74, 6) is 1.35. The topological polar surface area (TPSA) is 42.0 Å². The zero-order chi connectivity index (χ0) is 19.9. The van der Waals surface area contributed by atoms with Crippen LogP contribution in [0.4, 0.5) is 0 Å². The van der Waals surface area contributed by atoms with Crippen LogP contribution in [0.3, 0.4) is 0 Å². The van der Waals surface area contributed by atoms with Gasteiger partial charge in [-0.15, -0.1) is 0 Å². The third-order valence-electron chi connectivity index (χ3n) is 4.80. The predicted molar refractivity (Wildman–Crippen MR) is 114 cm³/mol. The summed E-state index contributed by atoms with van der Waals surface area (Å²) < 4.78 is 12.4. The average Bonchev–Trinajstić information content (AvgIpc) is 2.71. The molecule has 0 radical (unpaired) electrons. The summed E-state index contributed by atoms with van der Waals surface area (Å²) in [6.45, 7) is 9.02. The summed E-state index contributed by atoms with van der Waals surface area (Å²) in [5.41, 5.74) is 1.92. The monoisotopic (exact) mass is 446 g/mol. The molecule has 0 aliphatic carbocycles. The highest BCUT2D eigenvalue weighted by molar-refractivity contribution is 9.10. The van der Waals surface area contributed by atoms with E-state index in [2.05, 4.69) is 39.0 Å². The number of halogens is 1. The van der Waals surface area contributed by atoms with Crippen molar-refractivity contribution in [1.82, 2.24) is 9.80 Å². The molecule has 1 fully saturated rings. The van der Waals surface area contributed by atoms with Gasteiger partial charge in [0.05, 0.1) is 13.2 Å². The van der Waals surface area contributed by atoms with Crippen molar-refractivity contribution in [2.45, 2.75) is 20.4 Å². The standard InChI is InChI=1S/C22H27BrN2O3/c1-3-27-20-10-9-17(15-21(20)28-4-2)22(26)25-13-11-24(12-14-25)16-18-7-5-6-8-19(18)23/h5-10,15H,3-4,11-14,16H2,1-2H3. The van der Waals surface area contributed by atoms with Gasteiger partial charge in [-0.25, -0.2) is 0 Å². The Morgan fingerprint density at radius 1 is 0.964 bits per heavy atom. The van der Waals surface area contributed by atoms with Gasteiger partial charge in [0.15, 0.2) is 11.5 Å². The molecule has 5 nitrogen and oxygen atoms in total. The lowest BCUT2D eigenvalue weighted by molar-refractivity contribution is 0.0627. The zero-order valence-electron chi connectivity index (χ0n) is 16.5. The first-order chi connectivity index (χ1) is 13.6. The van der Waals surface area contributed by atoms with E-state index < -0.39 is 0 Å². The highest BCUT2D eigenvalue weighted by Crippen LogP contribution is 2.29. The highest BCUT2D eigenvalue weighted by atomic mass is 79.9. The molecule has 1 aliphatic heterocycles. The second kappa shape index (κ2) is 9.94. The first kappa shape index (κ1) is 20.7. The van der Waals surface area contributed by atoms with Crippen molar-refractivity contribution in [3.8, 4) is 11.5 Å². The maximum atomic E-state index is 12.9. The van der Waals surface area contributed by atoms with Crippen molar-refractivity contribution in [2.24, 2.45) is 0 Å². The maximum Gasteiger partial charge on any atom is 0.254 e. The third-order valence-corrected chi connectivity index (χ3v) is 5.58. The van der Waals surface area contributed by atoms with Crippen LogP contribution in [0.2, 0.25) is 0 Å². The van der Waals surface area contributed by atoms with Crippen LogP contribution in [0.1, 0.15) is 29.8 Å². The molecular weight excluding hydrogens is 420 g/mol. The molecule has 0 atom stereocenters. The minimum Gasteiger partial charge on any atom is -0.490 e. The molecule has 2 aromatic rings. The summed E-state index contributed by atoms with van der Waals surface area (Å²) in [6.07, 6.45) is 0. The highest BCUT2D eigenvalue weighted by Gasteiger charge is 2.23. The van der Waals surface area contributed by atoms with Crippen LogP contribution in [0.5, 0.6) is 11.5 Å². The lowest BCUT2D eigenvalue weighted by atomic mass is 10.1. The number of nitrogens with zero attached hydrogens (tertiary/aromatic N) is 2. The van der Waals surface area contributed by atoms with Gasteiger partial charge in [0, 0.05) is 42.8 Å². The Hall–Kier alpha value is -2.05. The second-order valence-corrected chi connectivity index (χ2v) is 7.54. The van der Waals surface area contributed by atoms with Gasteiger partial charge >= 0.3 is 0 Å². The van der Waals surface area contributed by atoms with Crippen LogP contribution in [0.15, 0.2) is 46.9 Å². The fourth-order valence-electron chi connectivity index (χ4n) is 3.34. The van der Waals surface area contributed by atoms with E-state index in [1.165, 1.54) is 5.56 Å². The lowest BCUT2D eigenvalue weighted by Crippen LogP contribution is -2.48. The minimum atomic E-state index is 0.0459. The maximum absolute atomic E-state index is 12.9. The second-order valence-electron chi connectivity index (χ2n) is 6.69. The van der Waals surface area contributed by atoms with Gasteiger partial charge in [0.1, 0.15) is 0 Å². The van der Waals surface area contributed by atoms with Gasteiger partial charge in [-0.3, -0.25) is 9.69 Å². The van der Waals surface area contributed by atoms with E-state index in [0.29, 0.717) is 30.3 Å². The number of benzene rings is 2. The van der Waals surface area contributed by atoms with Crippen LogP contribution in [0, 0.1) is 0 Å². The Morgan fingerprint density at radius 3 is 2.32 bits per heavy atom. The number of carbonyl (C=O) groups excluding carboxylic acids is 1. The molecule has 6 heteroatoms. The molecule has 0 bridgehead atoms. The molecule has 2 aromatic carbocycles. The first-order valence-electron chi connectivity index (χ1n) is 9.77. The number of piperazine rings is 1. The number of amides is 1. The summed E-state index contributed by atoms with van der Waals surface area (Å²) in [4.78, 5) is 17.2. The Bertz CT molecular complexity index is 804. The molecule has 1 heterocycles. The van der Waals surface area contributed by atoms with Crippen molar-refractivity contribution in [3.63, 3.8) is 0 Å². The van der Waals surface area contributed by atoms with Crippen molar-refractivity contribution in [3.05, 3.63) is 58.1 Å². The molecule has 150 valence electrons. The minimum absolute atomic E-state index is 0.0459. The number of ether oxygens (including phenoxy) is 2. The van der Waals surface area contributed by atoms with Crippen molar-refractivity contribution in [1.29, 1.82) is 0 Å². The van der Waals surface area contributed by atoms with Crippen molar-refractivity contribution >= 4 is 21.8 Å². The van der Waals surface area contributed by atoms with Gasteiger partial charge in [0.25, 0.3) is 5.91 Å². The SMILES string of the molecule is CCOc1ccc(C(=O)N2CCN(Cc3ccccc3Br)CC2)cc1OCC. The molecule has 0 N–H and O–H groups in total. The molecule has 1 amide bonds. The van der Waals surface area contributed by atoms with Crippen LogP contribution in [-0.4, -0.2) is 55.1 Å². The molecule has 28 heavy (non-hydrogen) atoms. The zero-order valence-corrected chi connectivity index (χ0v) is 18.1. The van der Waals surface area contributed by atoms with Crippen LogP contribution >= 0.6 is 15.9 Å². The number of rotatable bonds is 7. The molecule has 1 aliphatic rings. The largest absolute Gasteiger partial charge is 0.490 e. The van der Waals surface area contributed by atoms with Crippen LogP contribution in [-0.2, 0) is 6.54 Å². The van der Waals surface area contributed by atoms with E-state index >= 15 is 0 Å². The lowest BCUT2D eigenvalue weighted by Gasteiger charge is -2.35. The Labute approximate surface area is 175 Å². The Balaban J connectivity index is 1.62. The fraction of sp³-hybridized carbons (Fsp3) is 0.409. The quantitative estimate of drug-likeness (QED) is 0.638. The van der Waals surface area contributed by atoms with E-state index in [0.717, 1.165) is 37.2 Å². The first-order valence-corrected chi connectivity index (χ1v) is 10.6. The average molecular weight is 447 g/mol. The molecular formula is C22H27BrN2O3. The summed E-state index contributed by atoms with van der Waals surface area (Å²) in [6, 6.07) is 13.7. The third kappa shape index (κ3) is 5.06. The van der Waals surface area contributed by atoms with Gasteiger partial charge in [-0.1, -0.05) is 34.1 Å². The van der Waals surface area contributed by atoms with Gasteiger partial charge in [-0.05, 0) is 43.7 Å². The van der Waals surface area contributed by atoms with Crippen molar-refractivity contribution < 1.29 is 14.3 Å². The summed E-state index contributed by atoms with van der Waals surface area (Å²) >= 11 is 3.61. The molecule has 0 unspecified atom stereocenters. The predicted octanol–water partition coefficient (Wildman–Crippen LogP) is 4.20. The number of carbonyl (C=O) groups is 1. The molecule has 3 rings (SSSR count). The van der Waals surface area contributed by atoms with Crippen LogP contribution in [0.25, 0.3) is 0 Å². The van der Waals surface area contributed by atoms with Crippen LogP contribution < -0.4 is 9.47 Å². The van der Waals surface area contributed by atoms with Gasteiger partial charge < -0.3 is 14.4 Å². The normalized spacial score (nSPS) is 14.8. The molecule has 0 saturated carbocycles. The summed E-state index contributed by atoms with van der Waals surface area (Å²) in [5, 5.41) is 0.